The summed E-state index contributed by atoms with van der Waals surface area (Å²) in [6, 6.07) is 14.7. The Morgan fingerprint density at radius 1 is 1.06 bits per heavy atom. The van der Waals surface area contributed by atoms with Crippen LogP contribution in [0.2, 0.25) is 0 Å². The number of allylic oxidation sites excluding steroid dienone is 1. The number of para-hydroxylation sites is 2. The predicted molar refractivity (Wildman–Crippen MR) is 144 cm³/mol. The van der Waals surface area contributed by atoms with E-state index in [1.165, 1.54) is 18.9 Å². The van der Waals surface area contributed by atoms with Crippen molar-refractivity contribution in [3.05, 3.63) is 77.4 Å². The van der Waals surface area contributed by atoms with Gasteiger partial charge in [-0.3, -0.25) is 9.79 Å². The SMILES string of the molecule is CCCC/C=C1\NC(=C2C(=O)CN(c3ccccc3F)C2=NCCN2CCCC2)Nc2ccccc21. The molecule has 0 amide bonds. The van der Waals surface area contributed by atoms with E-state index in [9.17, 15) is 9.18 Å². The molecule has 188 valence electrons. The Morgan fingerprint density at radius 3 is 2.64 bits per heavy atom. The molecule has 7 heteroatoms. The van der Waals surface area contributed by atoms with Gasteiger partial charge in [0.15, 0.2) is 5.78 Å². The van der Waals surface area contributed by atoms with E-state index in [1.54, 1.807) is 23.1 Å². The van der Waals surface area contributed by atoms with E-state index in [1.807, 2.05) is 18.2 Å². The number of amidine groups is 1. The number of unbranched alkanes of at least 4 members (excludes halogenated alkanes) is 2. The van der Waals surface area contributed by atoms with Crippen LogP contribution in [-0.2, 0) is 4.79 Å². The number of hydrogen-bond acceptors (Lipinski definition) is 5. The average molecular weight is 488 g/mol. The first-order chi connectivity index (χ1) is 17.7. The van der Waals surface area contributed by atoms with Crippen molar-refractivity contribution in [2.45, 2.75) is 39.0 Å². The molecule has 0 saturated carbocycles. The highest BCUT2D eigenvalue weighted by Crippen LogP contribution is 2.33. The van der Waals surface area contributed by atoms with E-state index in [2.05, 4.69) is 34.6 Å². The van der Waals surface area contributed by atoms with Crippen LogP contribution >= 0.6 is 0 Å². The molecule has 36 heavy (non-hydrogen) atoms. The Kier molecular flexibility index (Phi) is 7.47. The first kappa shape index (κ1) is 24.3. The smallest absolute Gasteiger partial charge is 0.189 e. The van der Waals surface area contributed by atoms with Crippen LogP contribution in [-0.4, -0.2) is 49.2 Å². The van der Waals surface area contributed by atoms with Gasteiger partial charge >= 0.3 is 0 Å². The number of carbonyl (C=O) groups is 1. The normalized spacial score (nSPS) is 22.3. The van der Waals surface area contributed by atoms with Gasteiger partial charge in [-0.15, -0.1) is 0 Å². The van der Waals surface area contributed by atoms with E-state index in [0.29, 0.717) is 29.5 Å². The molecule has 3 aliphatic heterocycles. The molecule has 2 N–H and O–H groups in total. The zero-order valence-electron chi connectivity index (χ0n) is 20.9. The van der Waals surface area contributed by atoms with Gasteiger partial charge < -0.3 is 20.4 Å². The average Bonchev–Trinajstić information content (AvgIpc) is 3.52. The molecule has 0 atom stereocenters. The minimum absolute atomic E-state index is 0.0577. The van der Waals surface area contributed by atoms with Crippen LogP contribution in [0.15, 0.2) is 71.0 Å². The molecular weight excluding hydrogens is 453 g/mol. The number of carbonyl (C=O) groups excluding carboxylic acids is 1. The van der Waals surface area contributed by atoms with Crippen molar-refractivity contribution in [3.8, 4) is 0 Å². The van der Waals surface area contributed by atoms with Gasteiger partial charge in [0.05, 0.1) is 18.8 Å². The molecule has 2 aromatic rings. The van der Waals surface area contributed by atoms with Crippen molar-refractivity contribution in [2.75, 3.05) is 42.9 Å². The van der Waals surface area contributed by atoms with Gasteiger partial charge in [-0.2, -0.15) is 0 Å². The Bertz CT molecular complexity index is 1210. The maximum Gasteiger partial charge on any atom is 0.189 e. The third kappa shape index (κ3) is 5.07. The second-order valence-electron chi connectivity index (χ2n) is 9.52. The number of hydrogen-bond donors (Lipinski definition) is 2. The fraction of sp³-hybridized carbons (Fsp3) is 0.379. The molecule has 2 aromatic carbocycles. The second-order valence-corrected chi connectivity index (χ2v) is 9.52. The lowest BCUT2D eigenvalue weighted by Gasteiger charge is -2.27. The molecule has 0 aliphatic carbocycles. The molecule has 0 aromatic heterocycles. The second kappa shape index (κ2) is 11.1. The van der Waals surface area contributed by atoms with Crippen molar-refractivity contribution in [3.63, 3.8) is 0 Å². The van der Waals surface area contributed by atoms with E-state index < -0.39 is 0 Å². The van der Waals surface area contributed by atoms with Crippen molar-refractivity contribution < 1.29 is 9.18 Å². The number of nitrogens with one attached hydrogen (secondary N) is 2. The topological polar surface area (TPSA) is 60.0 Å². The summed E-state index contributed by atoms with van der Waals surface area (Å²) in [6.07, 6.45) is 7.78. The minimum atomic E-state index is -0.362. The maximum absolute atomic E-state index is 14.8. The van der Waals surface area contributed by atoms with Gasteiger partial charge in [-0.05, 0) is 57.0 Å². The lowest BCUT2D eigenvalue weighted by Crippen LogP contribution is -2.32. The van der Waals surface area contributed by atoms with Gasteiger partial charge in [0.2, 0.25) is 0 Å². The Balaban J connectivity index is 1.54. The summed E-state index contributed by atoms with van der Waals surface area (Å²) in [7, 11) is 0. The van der Waals surface area contributed by atoms with Crippen molar-refractivity contribution >= 4 is 28.7 Å². The number of aliphatic imine (C=N–C) groups is 1. The highest BCUT2D eigenvalue weighted by atomic mass is 19.1. The summed E-state index contributed by atoms with van der Waals surface area (Å²) >= 11 is 0. The van der Waals surface area contributed by atoms with Crippen LogP contribution in [0.4, 0.5) is 15.8 Å². The number of Topliss-reactive ketones (excluding diaryl/α,β-unsaturated/α-hetero) is 1. The third-order valence-corrected chi connectivity index (χ3v) is 6.97. The molecule has 0 unspecified atom stereocenters. The van der Waals surface area contributed by atoms with E-state index in [-0.39, 0.29) is 18.1 Å². The molecular formula is C29H34FN5O. The molecule has 3 heterocycles. The lowest BCUT2D eigenvalue weighted by molar-refractivity contribution is -0.113. The van der Waals surface area contributed by atoms with E-state index >= 15 is 0 Å². The molecule has 6 nitrogen and oxygen atoms in total. The Labute approximate surface area is 212 Å². The summed E-state index contributed by atoms with van der Waals surface area (Å²) < 4.78 is 14.8. The molecule has 2 saturated heterocycles. The number of likely N-dealkylation sites (tertiary alicyclic amines) is 1. The van der Waals surface area contributed by atoms with E-state index in [4.69, 9.17) is 4.99 Å². The number of nitrogens with zero attached hydrogens (tertiary/aromatic N) is 3. The van der Waals surface area contributed by atoms with Crippen LogP contribution in [0, 0.1) is 5.82 Å². The summed E-state index contributed by atoms with van der Waals surface area (Å²) in [5, 5.41) is 6.92. The monoisotopic (exact) mass is 487 g/mol. The first-order valence-corrected chi connectivity index (χ1v) is 13.1. The zero-order chi connectivity index (χ0) is 24.9. The largest absolute Gasteiger partial charge is 0.341 e. The highest BCUT2D eigenvalue weighted by Gasteiger charge is 2.37. The summed E-state index contributed by atoms with van der Waals surface area (Å²) in [4.78, 5) is 22.5. The lowest BCUT2D eigenvalue weighted by atomic mass is 10.0. The molecule has 0 spiro atoms. The zero-order valence-corrected chi connectivity index (χ0v) is 20.9. The Hall–Kier alpha value is -3.45. The summed E-state index contributed by atoms with van der Waals surface area (Å²) in [6.45, 7) is 5.79. The van der Waals surface area contributed by atoms with Crippen LogP contribution in [0.25, 0.3) is 5.70 Å². The number of benzene rings is 2. The van der Waals surface area contributed by atoms with Crippen LogP contribution < -0.4 is 15.5 Å². The molecule has 2 fully saturated rings. The predicted octanol–water partition coefficient (Wildman–Crippen LogP) is 5.17. The minimum Gasteiger partial charge on any atom is -0.341 e. The molecule has 3 aliphatic rings. The number of rotatable bonds is 7. The Morgan fingerprint density at radius 2 is 1.83 bits per heavy atom. The number of fused-ring (bicyclic) bond motifs is 1. The van der Waals surface area contributed by atoms with Crippen LogP contribution in [0.1, 0.15) is 44.6 Å². The quantitative estimate of drug-likeness (QED) is 0.417. The van der Waals surface area contributed by atoms with Gasteiger partial charge in [0.25, 0.3) is 0 Å². The van der Waals surface area contributed by atoms with Crippen LogP contribution in [0.5, 0.6) is 0 Å². The van der Waals surface area contributed by atoms with Gasteiger partial charge in [0, 0.05) is 23.5 Å². The molecule has 5 rings (SSSR count). The van der Waals surface area contributed by atoms with Crippen molar-refractivity contribution in [2.24, 2.45) is 4.99 Å². The molecule has 0 bridgehead atoms. The van der Waals surface area contributed by atoms with Crippen molar-refractivity contribution in [1.82, 2.24) is 10.2 Å². The summed E-state index contributed by atoms with van der Waals surface area (Å²) in [5.41, 5.74) is 3.85. The standard InChI is InChI=1S/C29H34FN5O/c1-2-3-4-13-23-21-11-5-7-14-24(21)33-28(32-23)27-26(36)20-35(25-15-8-6-12-22(25)30)29(27)31-16-19-34-17-9-10-18-34/h5-8,11-15,32-33H,2-4,9-10,16-20H2,1H3/b23-13-,28-27?,31-29?. The fourth-order valence-corrected chi connectivity index (χ4v) is 5.08. The number of halogens is 1. The third-order valence-electron chi connectivity index (χ3n) is 6.97. The number of ketones is 1. The summed E-state index contributed by atoms with van der Waals surface area (Å²) in [5.74, 6) is 0.686. The maximum atomic E-state index is 14.8. The molecule has 0 radical (unpaired) electrons. The van der Waals surface area contributed by atoms with Gasteiger partial charge in [0.1, 0.15) is 23.0 Å². The number of anilines is 2. The van der Waals surface area contributed by atoms with Crippen LogP contribution in [0.3, 0.4) is 0 Å². The van der Waals surface area contributed by atoms with Gasteiger partial charge in [-0.1, -0.05) is 49.8 Å². The highest BCUT2D eigenvalue weighted by molar-refractivity contribution is 6.34. The van der Waals surface area contributed by atoms with Crippen molar-refractivity contribution in [1.29, 1.82) is 0 Å². The van der Waals surface area contributed by atoms with Gasteiger partial charge in [-0.25, -0.2) is 4.39 Å². The fourth-order valence-electron chi connectivity index (χ4n) is 5.08. The first-order valence-electron chi connectivity index (χ1n) is 13.1. The van der Waals surface area contributed by atoms with E-state index in [0.717, 1.165) is 55.8 Å².